The maximum absolute atomic E-state index is 12.4. The summed E-state index contributed by atoms with van der Waals surface area (Å²) >= 11 is 2.95. The quantitative estimate of drug-likeness (QED) is 0.789. The molecule has 0 saturated carbocycles. The van der Waals surface area contributed by atoms with Crippen molar-refractivity contribution in [1.29, 1.82) is 0 Å². The molecule has 0 spiro atoms. The largest absolute Gasteiger partial charge is 0.397 e. The molecule has 0 aliphatic rings. The summed E-state index contributed by atoms with van der Waals surface area (Å²) in [4.78, 5) is 13.3. The highest BCUT2D eigenvalue weighted by Gasteiger charge is 2.18. The number of H-pyrrole nitrogens is 1. The molecule has 72 valence electrons. The smallest absolute Gasteiger partial charge is 0.266 e. The molecule has 1 heterocycles. The fourth-order valence-corrected chi connectivity index (χ4v) is 1.55. The van der Waals surface area contributed by atoms with Crippen LogP contribution in [0.3, 0.4) is 0 Å². The lowest BCUT2D eigenvalue weighted by Crippen LogP contribution is -2.16. The molecule has 0 unspecified atom stereocenters. The number of hydrogen-bond donors (Lipinski definition) is 2. The number of pyridine rings is 1. The van der Waals surface area contributed by atoms with Gasteiger partial charge < -0.3 is 10.7 Å². The summed E-state index contributed by atoms with van der Waals surface area (Å²) in [7, 11) is 0. The van der Waals surface area contributed by atoms with Crippen LogP contribution in [0.2, 0.25) is 0 Å². The van der Waals surface area contributed by atoms with E-state index in [1.54, 1.807) is 0 Å². The van der Waals surface area contributed by atoms with Gasteiger partial charge in [0.05, 0.1) is 11.3 Å². The van der Waals surface area contributed by atoms with Crippen LogP contribution in [0.1, 0.15) is 17.6 Å². The normalized spacial score (nSPS) is 10.8. The molecular weight excluding hydrogens is 246 g/mol. The molecule has 0 atom stereocenters. The predicted octanol–water partition coefficient (Wildman–Crippen LogP) is 1.79. The maximum Gasteiger partial charge on any atom is 0.266 e. The van der Waals surface area contributed by atoms with Crippen molar-refractivity contribution in [1.82, 2.24) is 4.98 Å². The second-order valence-electron chi connectivity index (χ2n) is 2.40. The number of rotatable bonds is 2. The number of alkyl halides is 3. The van der Waals surface area contributed by atoms with Gasteiger partial charge in [-0.25, -0.2) is 8.78 Å². The number of nitrogens with one attached hydrogen (secondary N) is 1. The summed E-state index contributed by atoms with van der Waals surface area (Å²) in [6.07, 6.45) is -1.65. The van der Waals surface area contributed by atoms with Crippen LogP contribution in [0.15, 0.2) is 11.0 Å². The summed E-state index contributed by atoms with van der Waals surface area (Å²) in [6, 6.07) is 0. The number of nitrogens with two attached hydrogens (primary N) is 1. The Morgan fingerprint density at radius 2 is 2.23 bits per heavy atom. The first-order valence-electron chi connectivity index (χ1n) is 3.42. The molecule has 0 aliphatic heterocycles. The van der Waals surface area contributed by atoms with E-state index in [0.29, 0.717) is 0 Å². The molecule has 6 heteroatoms. The molecule has 0 aliphatic carbocycles. The van der Waals surface area contributed by atoms with Crippen molar-refractivity contribution in [3.05, 3.63) is 27.7 Å². The molecule has 0 fully saturated rings. The first-order valence-corrected chi connectivity index (χ1v) is 4.54. The Bertz CT molecular complexity index is 364. The fraction of sp³-hybridized carbons (Fsp3) is 0.286. The van der Waals surface area contributed by atoms with Gasteiger partial charge in [-0.15, -0.1) is 0 Å². The van der Waals surface area contributed by atoms with E-state index in [9.17, 15) is 13.6 Å². The number of halogens is 3. The Morgan fingerprint density at radius 3 is 2.62 bits per heavy atom. The Balaban J connectivity index is 3.44. The monoisotopic (exact) mass is 252 g/mol. The van der Waals surface area contributed by atoms with E-state index in [4.69, 9.17) is 5.73 Å². The minimum Gasteiger partial charge on any atom is -0.397 e. The average Bonchev–Trinajstić information content (AvgIpc) is 2.07. The lowest BCUT2D eigenvalue weighted by molar-refractivity contribution is 0.151. The molecular formula is C7H7BrF2N2O. The minimum absolute atomic E-state index is 0.0185. The van der Waals surface area contributed by atoms with E-state index in [1.807, 2.05) is 0 Å². The molecule has 1 rings (SSSR count). The number of aromatic nitrogens is 1. The van der Waals surface area contributed by atoms with Crippen LogP contribution in [0.4, 0.5) is 14.5 Å². The van der Waals surface area contributed by atoms with Gasteiger partial charge in [-0.2, -0.15) is 0 Å². The summed E-state index contributed by atoms with van der Waals surface area (Å²) < 4.78 is 24.8. The molecule has 1 aromatic rings. The van der Waals surface area contributed by atoms with Gasteiger partial charge in [0.15, 0.2) is 0 Å². The third-order valence-corrected chi connectivity index (χ3v) is 2.18. The number of hydrogen-bond acceptors (Lipinski definition) is 2. The van der Waals surface area contributed by atoms with Gasteiger partial charge in [0.2, 0.25) is 0 Å². The highest BCUT2D eigenvalue weighted by atomic mass is 79.9. The maximum atomic E-state index is 12.4. The van der Waals surface area contributed by atoms with Crippen LogP contribution in [-0.4, -0.2) is 4.98 Å². The zero-order chi connectivity index (χ0) is 10.0. The zero-order valence-electron chi connectivity index (χ0n) is 6.48. The van der Waals surface area contributed by atoms with E-state index in [0.717, 1.165) is 6.20 Å². The summed E-state index contributed by atoms with van der Waals surface area (Å²) in [5, 5.41) is 0.0625. The van der Waals surface area contributed by atoms with Crippen molar-refractivity contribution in [3.63, 3.8) is 0 Å². The minimum atomic E-state index is -2.73. The highest BCUT2D eigenvalue weighted by Crippen LogP contribution is 2.26. The Kier molecular flexibility index (Phi) is 3.02. The van der Waals surface area contributed by atoms with Crippen molar-refractivity contribution < 1.29 is 8.78 Å². The second kappa shape index (κ2) is 3.87. The van der Waals surface area contributed by atoms with Crippen LogP contribution in [0.5, 0.6) is 0 Å². The van der Waals surface area contributed by atoms with Gasteiger partial charge in [0.1, 0.15) is 0 Å². The number of nitrogen functional groups attached to an aromatic ring is 1. The van der Waals surface area contributed by atoms with E-state index < -0.39 is 12.0 Å². The Labute approximate surface area is 81.1 Å². The SMILES string of the molecule is Nc1c[nH]c(=O)c(CBr)c1C(F)F. The van der Waals surface area contributed by atoms with E-state index in [2.05, 4.69) is 20.9 Å². The van der Waals surface area contributed by atoms with Crippen molar-refractivity contribution in [3.8, 4) is 0 Å². The van der Waals surface area contributed by atoms with Gasteiger partial charge in [-0.05, 0) is 0 Å². The topological polar surface area (TPSA) is 58.9 Å². The van der Waals surface area contributed by atoms with Gasteiger partial charge >= 0.3 is 0 Å². The third-order valence-electron chi connectivity index (χ3n) is 1.62. The van der Waals surface area contributed by atoms with Crippen LogP contribution in [0, 0.1) is 0 Å². The first-order chi connectivity index (χ1) is 6.07. The lowest BCUT2D eigenvalue weighted by atomic mass is 10.1. The van der Waals surface area contributed by atoms with Crippen LogP contribution in [-0.2, 0) is 5.33 Å². The first kappa shape index (κ1) is 10.2. The molecule has 0 amide bonds. The van der Waals surface area contributed by atoms with Crippen LogP contribution >= 0.6 is 15.9 Å². The lowest BCUT2D eigenvalue weighted by Gasteiger charge is -2.07. The van der Waals surface area contributed by atoms with Gasteiger partial charge in [0.25, 0.3) is 12.0 Å². The number of aromatic amines is 1. The summed E-state index contributed by atoms with van der Waals surface area (Å²) in [5.41, 5.74) is 4.26. The molecule has 0 radical (unpaired) electrons. The van der Waals surface area contributed by atoms with Gasteiger partial charge in [-0.3, -0.25) is 4.79 Å². The standard InChI is InChI=1S/C7H7BrF2N2O/c8-1-3-5(6(9)10)4(11)2-12-7(3)13/h2,6H,1,11H2,(H,12,13). The van der Waals surface area contributed by atoms with Crippen LogP contribution in [0.25, 0.3) is 0 Å². The van der Waals surface area contributed by atoms with Crippen LogP contribution < -0.4 is 11.3 Å². The molecule has 0 bridgehead atoms. The van der Waals surface area contributed by atoms with E-state index in [1.165, 1.54) is 0 Å². The fourth-order valence-electron chi connectivity index (χ4n) is 0.995. The van der Waals surface area contributed by atoms with Crippen molar-refractivity contribution >= 4 is 21.6 Å². The summed E-state index contributed by atoms with van der Waals surface area (Å²) in [5.74, 6) is 0. The van der Waals surface area contributed by atoms with Gasteiger partial charge in [0, 0.05) is 17.1 Å². The molecule has 3 N–H and O–H groups in total. The van der Waals surface area contributed by atoms with E-state index >= 15 is 0 Å². The second-order valence-corrected chi connectivity index (χ2v) is 2.96. The molecule has 3 nitrogen and oxygen atoms in total. The molecule has 1 aromatic heterocycles. The molecule has 0 saturated heterocycles. The Morgan fingerprint density at radius 1 is 1.62 bits per heavy atom. The number of anilines is 1. The van der Waals surface area contributed by atoms with Crippen molar-refractivity contribution in [2.75, 3.05) is 5.73 Å². The Hall–Kier alpha value is -0.910. The predicted molar refractivity (Wildman–Crippen MR) is 49.1 cm³/mol. The third kappa shape index (κ3) is 1.88. The van der Waals surface area contributed by atoms with Crippen molar-refractivity contribution in [2.24, 2.45) is 0 Å². The van der Waals surface area contributed by atoms with E-state index in [-0.39, 0.29) is 22.1 Å². The van der Waals surface area contributed by atoms with Gasteiger partial charge in [-0.1, -0.05) is 15.9 Å². The average molecular weight is 253 g/mol. The van der Waals surface area contributed by atoms with Crippen molar-refractivity contribution in [2.45, 2.75) is 11.8 Å². The zero-order valence-corrected chi connectivity index (χ0v) is 8.07. The highest BCUT2D eigenvalue weighted by molar-refractivity contribution is 9.08. The molecule has 0 aromatic carbocycles. The summed E-state index contributed by atoms with van der Waals surface area (Å²) in [6.45, 7) is 0. The molecule has 13 heavy (non-hydrogen) atoms.